The molecule has 1 heterocycles. The van der Waals surface area contributed by atoms with Crippen LogP contribution in [0.5, 0.6) is 0 Å². The summed E-state index contributed by atoms with van der Waals surface area (Å²) in [5.41, 5.74) is 1.66. The average molecular weight is 418 g/mol. The molecule has 146 valence electrons. The van der Waals surface area contributed by atoms with Gasteiger partial charge >= 0.3 is 0 Å². The second-order valence-corrected chi connectivity index (χ2v) is 8.65. The van der Waals surface area contributed by atoms with Crippen LogP contribution in [0.3, 0.4) is 0 Å². The number of aromatic nitrogens is 1. The van der Waals surface area contributed by atoms with Crippen molar-refractivity contribution in [3.05, 3.63) is 71.2 Å². The summed E-state index contributed by atoms with van der Waals surface area (Å²) in [5.74, 6) is -0.377. The summed E-state index contributed by atoms with van der Waals surface area (Å²) in [5, 5.41) is 2.36. The third kappa shape index (κ3) is 3.97. The number of hydrogen-bond acceptors (Lipinski definition) is 6. The molecule has 0 aliphatic rings. The number of carbonyl (C=O) groups excluding carboxylic acids is 1. The van der Waals surface area contributed by atoms with Crippen molar-refractivity contribution < 1.29 is 18.0 Å². The lowest BCUT2D eigenvalue weighted by Crippen LogP contribution is -2.28. The van der Waals surface area contributed by atoms with Gasteiger partial charge in [-0.3, -0.25) is 14.5 Å². The monoisotopic (exact) mass is 417 g/mol. The molecule has 7 nitrogen and oxygen atoms in total. The topological polar surface area (TPSA) is 79.8 Å². The molecule has 9 heteroatoms. The van der Waals surface area contributed by atoms with Crippen LogP contribution in [0, 0.1) is 6.92 Å². The first-order valence-electron chi connectivity index (χ1n) is 8.29. The molecule has 28 heavy (non-hydrogen) atoms. The van der Waals surface area contributed by atoms with Crippen LogP contribution in [-0.2, 0) is 14.9 Å². The molecule has 0 saturated carbocycles. The second-order valence-electron chi connectivity index (χ2n) is 5.87. The number of thiazole rings is 1. The van der Waals surface area contributed by atoms with E-state index in [1.807, 2.05) is 30.5 Å². The average Bonchev–Trinajstić information content (AvgIpc) is 3.14. The minimum Gasteiger partial charge on any atom is -0.288 e. The number of carbonyl (C=O) groups is 1. The van der Waals surface area contributed by atoms with Crippen LogP contribution in [0.2, 0.25) is 0 Å². The van der Waals surface area contributed by atoms with Crippen LogP contribution in [-0.4, -0.2) is 37.9 Å². The number of sulfonamides is 1. The zero-order valence-electron chi connectivity index (χ0n) is 15.6. The Morgan fingerprint density at radius 3 is 2.43 bits per heavy atom. The van der Waals surface area contributed by atoms with Crippen molar-refractivity contribution in [1.82, 2.24) is 9.45 Å². The SMILES string of the molecule is CON(C)S(=O)(=O)c1cccc(C(=O)N(c2ccccc2)c2nc(C)cs2)c1. The highest BCUT2D eigenvalue weighted by Gasteiger charge is 2.26. The Balaban J connectivity index is 2.06. The van der Waals surface area contributed by atoms with Crippen LogP contribution in [0.1, 0.15) is 16.1 Å². The lowest BCUT2D eigenvalue weighted by molar-refractivity contribution is -0.0258. The summed E-state index contributed by atoms with van der Waals surface area (Å²) in [6, 6.07) is 15.0. The lowest BCUT2D eigenvalue weighted by Gasteiger charge is -2.21. The van der Waals surface area contributed by atoms with Gasteiger partial charge in [-0.2, -0.15) is 0 Å². The normalized spacial score (nSPS) is 11.6. The first kappa shape index (κ1) is 20.2. The molecule has 1 amide bonds. The van der Waals surface area contributed by atoms with Gasteiger partial charge in [0.05, 0.1) is 23.4 Å². The fourth-order valence-corrected chi connectivity index (χ4v) is 4.34. The number of aryl methyl sites for hydroxylation is 1. The fraction of sp³-hybridized carbons (Fsp3) is 0.158. The number of hydrogen-bond donors (Lipinski definition) is 0. The highest BCUT2D eigenvalue weighted by molar-refractivity contribution is 7.89. The Hall–Kier alpha value is -2.59. The molecular weight excluding hydrogens is 398 g/mol. The predicted molar refractivity (Wildman–Crippen MR) is 108 cm³/mol. The smallest absolute Gasteiger partial charge is 0.264 e. The van der Waals surface area contributed by atoms with Gasteiger partial charge in [-0.1, -0.05) is 28.7 Å². The van der Waals surface area contributed by atoms with Gasteiger partial charge < -0.3 is 0 Å². The molecule has 0 fully saturated rings. The molecule has 0 aliphatic carbocycles. The Morgan fingerprint density at radius 2 is 1.82 bits per heavy atom. The summed E-state index contributed by atoms with van der Waals surface area (Å²) in [6.07, 6.45) is 0. The van der Waals surface area contributed by atoms with Gasteiger partial charge in [-0.15, -0.1) is 11.3 Å². The van der Waals surface area contributed by atoms with Crippen molar-refractivity contribution >= 4 is 38.1 Å². The van der Waals surface area contributed by atoms with E-state index in [4.69, 9.17) is 4.84 Å². The van der Waals surface area contributed by atoms with Crippen LogP contribution in [0.25, 0.3) is 0 Å². The second kappa shape index (κ2) is 8.19. The van der Waals surface area contributed by atoms with Crippen molar-refractivity contribution in [2.24, 2.45) is 0 Å². The third-order valence-electron chi connectivity index (χ3n) is 3.99. The molecule has 0 saturated heterocycles. The van der Waals surface area contributed by atoms with Crippen LogP contribution < -0.4 is 4.90 Å². The number of rotatable bonds is 6. The van der Waals surface area contributed by atoms with Crippen molar-refractivity contribution in [2.75, 3.05) is 19.1 Å². The number of hydroxylamine groups is 1. The maximum atomic E-state index is 13.3. The number of para-hydroxylation sites is 1. The molecule has 0 unspecified atom stereocenters. The summed E-state index contributed by atoms with van der Waals surface area (Å²) < 4.78 is 25.8. The van der Waals surface area contributed by atoms with E-state index in [2.05, 4.69) is 4.98 Å². The maximum absolute atomic E-state index is 13.3. The summed E-state index contributed by atoms with van der Waals surface area (Å²) in [7, 11) is -1.32. The summed E-state index contributed by atoms with van der Waals surface area (Å²) in [6.45, 7) is 1.85. The molecule has 1 aromatic heterocycles. The quantitative estimate of drug-likeness (QED) is 0.573. The maximum Gasteiger partial charge on any atom is 0.264 e. The Kier molecular flexibility index (Phi) is 5.90. The zero-order chi connectivity index (χ0) is 20.3. The van der Waals surface area contributed by atoms with Crippen LogP contribution in [0.4, 0.5) is 10.8 Å². The molecule has 0 atom stereocenters. The number of benzene rings is 2. The molecule has 2 aromatic carbocycles. The highest BCUT2D eigenvalue weighted by Crippen LogP contribution is 2.30. The molecule has 3 aromatic rings. The largest absolute Gasteiger partial charge is 0.288 e. The van der Waals surface area contributed by atoms with Crippen molar-refractivity contribution in [3.63, 3.8) is 0 Å². The van der Waals surface area contributed by atoms with E-state index in [0.717, 1.165) is 10.2 Å². The molecule has 0 aliphatic heterocycles. The Morgan fingerprint density at radius 1 is 1.11 bits per heavy atom. The van der Waals surface area contributed by atoms with Gasteiger partial charge in [0, 0.05) is 18.0 Å². The van der Waals surface area contributed by atoms with E-state index in [1.54, 1.807) is 18.2 Å². The summed E-state index contributed by atoms with van der Waals surface area (Å²) in [4.78, 5) is 24.0. The molecule has 0 N–H and O–H groups in total. The molecule has 0 spiro atoms. The Bertz CT molecular complexity index is 1080. The van der Waals surface area contributed by atoms with E-state index in [-0.39, 0.29) is 16.4 Å². The predicted octanol–water partition coefficient (Wildman–Crippen LogP) is 3.61. The van der Waals surface area contributed by atoms with Crippen LogP contribution in [0.15, 0.2) is 64.9 Å². The van der Waals surface area contributed by atoms with Gasteiger partial charge in [0.2, 0.25) is 0 Å². The van der Waals surface area contributed by atoms with Gasteiger partial charge in [0.1, 0.15) is 0 Å². The van der Waals surface area contributed by atoms with Gasteiger partial charge in [-0.05, 0) is 37.3 Å². The molecule has 0 bridgehead atoms. The van der Waals surface area contributed by atoms with E-state index in [9.17, 15) is 13.2 Å². The summed E-state index contributed by atoms with van der Waals surface area (Å²) >= 11 is 1.34. The first-order chi connectivity index (χ1) is 13.3. The van der Waals surface area contributed by atoms with Gasteiger partial charge in [0.25, 0.3) is 15.9 Å². The van der Waals surface area contributed by atoms with Gasteiger partial charge in [-0.25, -0.2) is 13.4 Å². The number of nitrogens with zero attached hydrogens (tertiary/aromatic N) is 3. The highest BCUT2D eigenvalue weighted by atomic mass is 32.2. The van der Waals surface area contributed by atoms with E-state index >= 15 is 0 Å². The minimum atomic E-state index is -3.87. The fourth-order valence-electron chi connectivity index (χ4n) is 2.50. The van der Waals surface area contributed by atoms with Crippen molar-refractivity contribution in [2.45, 2.75) is 11.8 Å². The first-order valence-corrected chi connectivity index (χ1v) is 10.6. The minimum absolute atomic E-state index is 0.0361. The Labute approximate surface area is 167 Å². The van der Waals surface area contributed by atoms with Crippen molar-refractivity contribution in [3.8, 4) is 0 Å². The van der Waals surface area contributed by atoms with E-state index in [1.165, 1.54) is 48.6 Å². The zero-order valence-corrected chi connectivity index (χ0v) is 17.2. The van der Waals surface area contributed by atoms with Crippen molar-refractivity contribution in [1.29, 1.82) is 0 Å². The van der Waals surface area contributed by atoms with E-state index in [0.29, 0.717) is 10.8 Å². The van der Waals surface area contributed by atoms with Gasteiger partial charge in [0.15, 0.2) is 5.13 Å². The van der Waals surface area contributed by atoms with Crippen LogP contribution >= 0.6 is 11.3 Å². The van der Waals surface area contributed by atoms with E-state index < -0.39 is 10.0 Å². The third-order valence-corrected chi connectivity index (χ3v) is 6.61. The molecule has 0 radical (unpaired) electrons. The standard InChI is InChI=1S/C19H19N3O4S2/c1-14-13-27-19(20-14)22(16-9-5-4-6-10-16)18(23)15-8-7-11-17(12-15)28(24,25)21(2)26-3/h4-13H,1-3H3. The lowest BCUT2D eigenvalue weighted by atomic mass is 10.2. The number of amides is 1. The number of anilines is 2. The molecular formula is C19H19N3O4S2. The molecule has 3 rings (SSSR count).